The lowest BCUT2D eigenvalue weighted by molar-refractivity contribution is -0.152. The summed E-state index contributed by atoms with van der Waals surface area (Å²) in [6, 6.07) is 14.9. The van der Waals surface area contributed by atoms with Crippen molar-refractivity contribution in [3.05, 3.63) is 100 Å². The van der Waals surface area contributed by atoms with Crippen molar-refractivity contribution in [3.8, 4) is 0 Å². The number of anilines is 1. The largest absolute Gasteiger partial charge is 0.459 e. The van der Waals surface area contributed by atoms with E-state index >= 15 is 0 Å². The van der Waals surface area contributed by atoms with Crippen molar-refractivity contribution in [2.75, 3.05) is 5.32 Å². The number of rotatable bonds is 6. The maximum absolute atomic E-state index is 13.9. The Morgan fingerprint density at radius 1 is 1.03 bits per heavy atom. The average molecular weight is 532 g/mol. The Labute approximate surface area is 221 Å². The summed E-state index contributed by atoms with van der Waals surface area (Å²) < 4.78 is 35.2. The van der Waals surface area contributed by atoms with Crippen LogP contribution in [-0.4, -0.2) is 22.9 Å². The highest BCUT2D eigenvalue weighted by molar-refractivity contribution is 7.90. The van der Waals surface area contributed by atoms with Crippen LogP contribution in [0.5, 0.6) is 0 Å². The van der Waals surface area contributed by atoms with Gasteiger partial charge in [-0.05, 0) is 36.1 Å². The monoisotopic (exact) mass is 531 g/mol. The molecule has 5 rings (SSSR count). The lowest BCUT2D eigenvalue weighted by atomic mass is 9.86. The number of ether oxygens (including phenoxy) is 1. The molecule has 2 aromatic carbocycles. The summed E-state index contributed by atoms with van der Waals surface area (Å²) in [7, 11) is -4.00. The molecule has 0 saturated heterocycles. The first kappa shape index (κ1) is 25.5. The Morgan fingerprint density at radius 2 is 1.71 bits per heavy atom. The summed E-state index contributed by atoms with van der Waals surface area (Å²) in [5.41, 5.74) is 1.24. The van der Waals surface area contributed by atoms with E-state index in [0.717, 1.165) is 15.1 Å². The van der Waals surface area contributed by atoms with Crippen LogP contribution in [0.1, 0.15) is 43.5 Å². The summed E-state index contributed by atoms with van der Waals surface area (Å²) in [6.07, 6.45) is 6.31. The molecule has 0 spiro atoms. The molecule has 0 saturated carbocycles. The average Bonchev–Trinajstić information content (AvgIpc) is 3.28. The Morgan fingerprint density at radius 3 is 2.37 bits per heavy atom. The van der Waals surface area contributed by atoms with Gasteiger partial charge in [-0.25, -0.2) is 17.2 Å². The van der Waals surface area contributed by atoms with Gasteiger partial charge >= 0.3 is 5.97 Å². The van der Waals surface area contributed by atoms with Crippen LogP contribution in [0, 0.1) is 12.3 Å². The molecule has 1 N–H and O–H groups in total. The molecule has 0 amide bonds. The summed E-state index contributed by atoms with van der Waals surface area (Å²) in [5.74, 6) is -0.263. The SMILES string of the molecule is Cc1ccc(S(=O)(=O)n2cc3c(=O)n([C@@H](C(=O)OCc4ccccc4)C(C)(C)C)cc4c3c2NC=C4)cc1. The minimum atomic E-state index is -4.00. The lowest BCUT2D eigenvalue weighted by Crippen LogP contribution is -2.39. The number of hydrogen-bond acceptors (Lipinski definition) is 6. The molecule has 4 aromatic rings. The van der Waals surface area contributed by atoms with Crippen LogP contribution < -0.4 is 10.9 Å². The van der Waals surface area contributed by atoms with Crippen LogP contribution in [-0.2, 0) is 26.2 Å². The fraction of sp³-hybridized carbons (Fsp3) is 0.241. The van der Waals surface area contributed by atoms with Crippen LogP contribution in [0.4, 0.5) is 5.82 Å². The first-order valence-corrected chi connectivity index (χ1v) is 13.7. The van der Waals surface area contributed by atoms with E-state index in [-0.39, 0.29) is 22.7 Å². The van der Waals surface area contributed by atoms with Crippen molar-refractivity contribution < 1.29 is 17.9 Å². The van der Waals surface area contributed by atoms with Crippen molar-refractivity contribution >= 4 is 38.7 Å². The van der Waals surface area contributed by atoms with Crippen molar-refractivity contribution in [1.82, 2.24) is 8.54 Å². The van der Waals surface area contributed by atoms with Gasteiger partial charge in [0.25, 0.3) is 15.6 Å². The molecule has 2 aromatic heterocycles. The number of aryl methyl sites for hydroxylation is 1. The van der Waals surface area contributed by atoms with E-state index in [2.05, 4.69) is 5.32 Å². The predicted molar refractivity (Wildman–Crippen MR) is 147 cm³/mol. The van der Waals surface area contributed by atoms with E-state index in [0.29, 0.717) is 10.9 Å². The van der Waals surface area contributed by atoms with E-state index < -0.39 is 33.0 Å². The fourth-order valence-corrected chi connectivity index (χ4v) is 6.06. The number of carbonyl (C=O) groups excluding carboxylic acids is 1. The molecule has 1 aliphatic heterocycles. The number of hydrogen-bond donors (Lipinski definition) is 1. The number of nitrogens with one attached hydrogen (secondary N) is 1. The second-order valence-electron chi connectivity index (χ2n) is 10.5. The molecule has 1 aliphatic rings. The van der Waals surface area contributed by atoms with Gasteiger partial charge in [0.1, 0.15) is 18.5 Å². The van der Waals surface area contributed by atoms with E-state index in [4.69, 9.17) is 4.74 Å². The van der Waals surface area contributed by atoms with Crippen LogP contribution >= 0.6 is 0 Å². The van der Waals surface area contributed by atoms with Gasteiger partial charge in [-0.1, -0.05) is 68.8 Å². The minimum absolute atomic E-state index is 0.0786. The first-order chi connectivity index (χ1) is 18.0. The molecule has 3 heterocycles. The first-order valence-electron chi connectivity index (χ1n) is 12.2. The second kappa shape index (κ2) is 9.33. The quantitative estimate of drug-likeness (QED) is 0.349. The maximum atomic E-state index is 13.9. The van der Waals surface area contributed by atoms with Crippen LogP contribution in [0.3, 0.4) is 0 Å². The third-order valence-electron chi connectivity index (χ3n) is 6.61. The van der Waals surface area contributed by atoms with Gasteiger partial charge < -0.3 is 10.1 Å². The number of aromatic nitrogens is 2. The topological polar surface area (TPSA) is 99.4 Å². The van der Waals surface area contributed by atoms with Crippen molar-refractivity contribution in [3.63, 3.8) is 0 Å². The number of pyridine rings is 1. The highest BCUT2D eigenvalue weighted by atomic mass is 32.2. The molecule has 0 bridgehead atoms. The smallest absolute Gasteiger partial charge is 0.330 e. The normalized spacial score (nSPS) is 13.8. The third kappa shape index (κ3) is 4.43. The molecule has 196 valence electrons. The van der Waals surface area contributed by atoms with Gasteiger partial charge in [0, 0.05) is 29.5 Å². The number of nitrogens with zero attached hydrogens (tertiary/aromatic N) is 2. The molecule has 1 atom stereocenters. The van der Waals surface area contributed by atoms with Crippen molar-refractivity contribution in [1.29, 1.82) is 0 Å². The Bertz CT molecular complexity index is 1730. The van der Waals surface area contributed by atoms with Crippen LogP contribution in [0.25, 0.3) is 16.8 Å². The second-order valence-corrected chi connectivity index (χ2v) is 12.3. The molecule has 0 radical (unpaired) electrons. The zero-order valence-electron chi connectivity index (χ0n) is 21.6. The molecule has 0 unspecified atom stereocenters. The molecule has 0 fully saturated rings. The molecule has 9 heteroatoms. The highest BCUT2D eigenvalue weighted by Gasteiger charge is 2.37. The zero-order chi connectivity index (χ0) is 27.2. The Hall–Kier alpha value is -4.11. The number of esters is 1. The standard InChI is InChI=1S/C29H29N3O5S/c1-19-10-12-22(13-11-19)38(35,36)32-17-23-24-21(14-15-30-26(24)32)16-31(27(23)33)25(29(2,3)4)28(34)37-18-20-8-6-5-7-9-20/h5-17,25,30H,18H2,1-4H3/t25-/m0/s1. The van der Waals surface area contributed by atoms with Crippen molar-refractivity contribution in [2.45, 2.75) is 45.2 Å². The lowest BCUT2D eigenvalue weighted by Gasteiger charge is -2.31. The van der Waals surface area contributed by atoms with E-state index in [1.165, 1.54) is 22.9 Å². The van der Waals surface area contributed by atoms with Crippen LogP contribution in [0.15, 0.2) is 82.9 Å². The maximum Gasteiger partial charge on any atom is 0.330 e. The highest BCUT2D eigenvalue weighted by Crippen LogP contribution is 2.37. The van der Waals surface area contributed by atoms with Gasteiger partial charge in [0.15, 0.2) is 0 Å². The number of carbonyl (C=O) groups is 1. The number of benzene rings is 2. The summed E-state index contributed by atoms with van der Waals surface area (Å²) in [4.78, 5) is 27.4. The predicted octanol–water partition coefficient (Wildman–Crippen LogP) is 5.08. The molecule has 0 aliphatic carbocycles. The summed E-state index contributed by atoms with van der Waals surface area (Å²) >= 11 is 0. The third-order valence-corrected chi connectivity index (χ3v) is 8.28. The van der Waals surface area contributed by atoms with Gasteiger partial charge in [-0.3, -0.25) is 9.36 Å². The Kier molecular flexibility index (Phi) is 6.27. The summed E-state index contributed by atoms with van der Waals surface area (Å²) in [6.45, 7) is 7.54. The van der Waals surface area contributed by atoms with Gasteiger partial charge in [0.2, 0.25) is 0 Å². The Balaban J connectivity index is 1.63. The van der Waals surface area contributed by atoms with E-state index in [1.54, 1.807) is 30.6 Å². The minimum Gasteiger partial charge on any atom is -0.459 e. The molecular formula is C29H29N3O5S. The van der Waals surface area contributed by atoms with Crippen LogP contribution in [0.2, 0.25) is 0 Å². The summed E-state index contributed by atoms with van der Waals surface area (Å²) in [5, 5.41) is 3.66. The van der Waals surface area contributed by atoms with E-state index in [9.17, 15) is 18.0 Å². The molecule has 38 heavy (non-hydrogen) atoms. The van der Waals surface area contributed by atoms with Gasteiger partial charge in [-0.15, -0.1) is 0 Å². The molecule has 8 nitrogen and oxygen atoms in total. The zero-order valence-corrected chi connectivity index (χ0v) is 22.5. The van der Waals surface area contributed by atoms with E-state index in [1.807, 2.05) is 58.0 Å². The van der Waals surface area contributed by atoms with Crippen molar-refractivity contribution in [2.24, 2.45) is 5.41 Å². The molecular weight excluding hydrogens is 502 g/mol. The van der Waals surface area contributed by atoms with Gasteiger partial charge in [-0.2, -0.15) is 0 Å². The van der Waals surface area contributed by atoms with Gasteiger partial charge in [0.05, 0.1) is 10.3 Å². The fourth-order valence-electron chi connectivity index (χ4n) is 4.72.